The average Bonchev–Trinajstić information content (AvgIpc) is 2.45. The van der Waals surface area contributed by atoms with Crippen LogP contribution in [0.1, 0.15) is 5.56 Å². The molecule has 0 spiro atoms. The molecular weight excluding hydrogens is 349 g/mol. The van der Waals surface area contributed by atoms with Crippen LogP contribution in [0.25, 0.3) is 0 Å². The van der Waals surface area contributed by atoms with Gasteiger partial charge in [0.1, 0.15) is 12.4 Å². The molecule has 0 atom stereocenters. The Hall–Kier alpha value is -1.49. The lowest BCUT2D eigenvalue weighted by Crippen LogP contribution is -2.03. The molecule has 0 aromatic heterocycles. The summed E-state index contributed by atoms with van der Waals surface area (Å²) in [4.78, 5) is 0. The van der Waals surface area contributed by atoms with Crippen LogP contribution in [0.15, 0.2) is 61.2 Å². The first-order chi connectivity index (χ1) is 9.29. The number of benzene rings is 2. The van der Waals surface area contributed by atoms with Crippen LogP contribution in [0.2, 0.25) is 0 Å². The summed E-state index contributed by atoms with van der Waals surface area (Å²) in [6.07, 6.45) is 1.75. The molecule has 0 aliphatic rings. The third-order valence-corrected chi connectivity index (χ3v) is 3.38. The van der Waals surface area contributed by atoms with Gasteiger partial charge in [0, 0.05) is 21.4 Å². The quantitative estimate of drug-likeness (QED) is 0.603. The second-order valence-electron chi connectivity index (χ2n) is 4.07. The van der Waals surface area contributed by atoms with Gasteiger partial charge in [-0.3, -0.25) is 0 Å². The Kier molecular flexibility index (Phi) is 5.27. The van der Waals surface area contributed by atoms with Crippen LogP contribution >= 0.6 is 22.6 Å². The normalized spacial score (nSPS) is 9.95. The summed E-state index contributed by atoms with van der Waals surface area (Å²) < 4.78 is 6.87. The van der Waals surface area contributed by atoms with Crippen molar-refractivity contribution >= 4 is 28.3 Å². The van der Waals surface area contributed by atoms with Gasteiger partial charge < -0.3 is 10.1 Å². The second-order valence-corrected chi connectivity index (χ2v) is 5.31. The third-order valence-electron chi connectivity index (χ3n) is 2.66. The maximum absolute atomic E-state index is 5.63. The van der Waals surface area contributed by atoms with E-state index < -0.39 is 0 Å². The molecule has 0 saturated carbocycles. The van der Waals surface area contributed by atoms with E-state index in [9.17, 15) is 0 Å². The molecule has 0 bridgehead atoms. The van der Waals surface area contributed by atoms with Gasteiger partial charge in [0.2, 0.25) is 0 Å². The van der Waals surface area contributed by atoms with Gasteiger partial charge in [-0.2, -0.15) is 0 Å². The van der Waals surface area contributed by atoms with Crippen molar-refractivity contribution in [3.8, 4) is 5.75 Å². The van der Waals surface area contributed by atoms with Crippen molar-refractivity contribution in [1.29, 1.82) is 0 Å². The smallest absolute Gasteiger partial charge is 0.124 e. The molecule has 0 amide bonds. The van der Waals surface area contributed by atoms with Crippen LogP contribution in [0.3, 0.4) is 0 Å². The molecule has 0 aliphatic carbocycles. The SMILES string of the molecule is C=CCOc1ccccc1CNc1ccc(I)cc1. The van der Waals surface area contributed by atoms with Gasteiger partial charge >= 0.3 is 0 Å². The Bertz CT molecular complexity index is 537. The molecule has 0 saturated heterocycles. The molecule has 19 heavy (non-hydrogen) atoms. The Labute approximate surface area is 127 Å². The molecular formula is C16H16INO. The van der Waals surface area contributed by atoms with Gasteiger partial charge in [-0.25, -0.2) is 0 Å². The number of para-hydroxylation sites is 1. The van der Waals surface area contributed by atoms with Gasteiger partial charge in [-0.1, -0.05) is 30.9 Å². The van der Waals surface area contributed by atoms with Crippen molar-refractivity contribution in [2.75, 3.05) is 11.9 Å². The molecule has 98 valence electrons. The van der Waals surface area contributed by atoms with E-state index in [1.165, 1.54) is 3.57 Å². The highest BCUT2D eigenvalue weighted by Crippen LogP contribution is 2.20. The largest absolute Gasteiger partial charge is 0.489 e. The van der Waals surface area contributed by atoms with E-state index in [-0.39, 0.29) is 0 Å². The third kappa shape index (κ3) is 4.28. The molecule has 2 nitrogen and oxygen atoms in total. The zero-order valence-corrected chi connectivity index (χ0v) is 12.8. The van der Waals surface area contributed by atoms with Gasteiger partial charge in [0.15, 0.2) is 0 Å². The standard InChI is InChI=1S/C16H16INO/c1-2-11-19-16-6-4-3-5-13(16)12-18-15-9-7-14(17)8-10-15/h2-10,18H,1,11-12H2. The summed E-state index contributed by atoms with van der Waals surface area (Å²) in [5.74, 6) is 0.903. The van der Waals surface area contributed by atoms with Crippen molar-refractivity contribution in [1.82, 2.24) is 0 Å². The van der Waals surface area contributed by atoms with Gasteiger partial charge in [0.05, 0.1) is 0 Å². The zero-order valence-electron chi connectivity index (χ0n) is 10.6. The maximum atomic E-state index is 5.63. The Morgan fingerprint density at radius 3 is 2.58 bits per heavy atom. The van der Waals surface area contributed by atoms with E-state index in [4.69, 9.17) is 4.74 Å². The fourth-order valence-corrected chi connectivity index (χ4v) is 2.06. The van der Waals surface area contributed by atoms with Crippen LogP contribution in [0.5, 0.6) is 5.75 Å². The summed E-state index contributed by atoms with van der Waals surface area (Å²) in [5.41, 5.74) is 2.25. The van der Waals surface area contributed by atoms with E-state index in [2.05, 4.69) is 64.8 Å². The first-order valence-corrected chi connectivity index (χ1v) is 7.18. The van der Waals surface area contributed by atoms with Crippen LogP contribution in [-0.2, 0) is 6.54 Å². The van der Waals surface area contributed by atoms with Crippen LogP contribution in [0.4, 0.5) is 5.69 Å². The molecule has 0 fully saturated rings. The fraction of sp³-hybridized carbons (Fsp3) is 0.125. The van der Waals surface area contributed by atoms with Gasteiger partial charge in [-0.15, -0.1) is 0 Å². The van der Waals surface area contributed by atoms with Crippen molar-refractivity contribution in [2.24, 2.45) is 0 Å². The number of hydrogen-bond donors (Lipinski definition) is 1. The molecule has 2 aromatic rings. The molecule has 0 unspecified atom stereocenters. The second kappa shape index (κ2) is 7.19. The monoisotopic (exact) mass is 365 g/mol. The topological polar surface area (TPSA) is 21.3 Å². The van der Waals surface area contributed by atoms with E-state index in [0.29, 0.717) is 6.61 Å². The summed E-state index contributed by atoms with van der Waals surface area (Å²) in [6.45, 7) is 4.94. The Morgan fingerprint density at radius 1 is 1.11 bits per heavy atom. The lowest BCUT2D eigenvalue weighted by Gasteiger charge is -2.11. The summed E-state index contributed by atoms with van der Waals surface area (Å²) in [7, 11) is 0. The highest BCUT2D eigenvalue weighted by Gasteiger charge is 2.02. The molecule has 0 aliphatic heterocycles. The summed E-state index contributed by atoms with van der Waals surface area (Å²) in [5, 5.41) is 3.40. The summed E-state index contributed by atoms with van der Waals surface area (Å²) >= 11 is 2.30. The summed E-state index contributed by atoms with van der Waals surface area (Å²) in [6, 6.07) is 16.4. The molecule has 1 N–H and O–H groups in total. The minimum absolute atomic E-state index is 0.528. The van der Waals surface area contributed by atoms with E-state index in [1.807, 2.05) is 18.2 Å². The van der Waals surface area contributed by atoms with E-state index >= 15 is 0 Å². The number of ether oxygens (including phenoxy) is 1. The van der Waals surface area contributed by atoms with E-state index in [0.717, 1.165) is 23.5 Å². The first kappa shape index (κ1) is 13.9. The van der Waals surface area contributed by atoms with Crippen LogP contribution in [0, 0.1) is 3.57 Å². The van der Waals surface area contributed by atoms with Crippen molar-refractivity contribution in [2.45, 2.75) is 6.54 Å². The Morgan fingerprint density at radius 2 is 1.84 bits per heavy atom. The number of nitrogens with one attached hydrogen (secondary N) is 1. The lowest BCUT2D eigenvalue weighted by atomic mass is 10.2. The first-order valence-electron chi connectivity index (χ1n) is 6.10. The number of rotatable bonds is 6. The van der Waals surface area contributed by atoms with Crippen molar-refractivity contribution in [3.63, 3.8) is 0 Å². The number of anilines is 1. The predicted octanol–water partition coefficient (Wildman–Crippen LogP) is 4.47. The molecule has 0 radical (unpaired) electrons. The molecule has 0 heterocycles. The molecule has 2 aromatic carbocycles. The van der Waals surface area contributed by atoms with Crippen molar-refractivity contribution < 1.29 is 4.74 Å². The van der Waals surface area contributed by atoms with Gasteiger partial charge in [0.25, 0.3) is 0 Å². The molecule has 2 rings (SSSR count). The van der Waals surface area contributed by atoms with Crippen molar-refractivity contribution in [3.05, 3.63) is 70.3 Å². The molecule has 3 heteroatoms. The Balaban J connectivity index is 2.02. The minimum Gasteiger partial charge on any atom is -0.489 e. The number of halogens is 1. The zero-order chi connectivity index (χ0) is 13.5. The highest BCUT2D eigenvalue weighted by atomic mass is 127. The van der Waals surface area contributed by atoms with Gasteiger partial charge in [-0.05, 0) is 52.9 Å². The van der Waals surface area contributed by atoms with Crippen LogP contribution in [-0.4, -0.2) is 6.61 Å². The minimum atomic E-state index is 0.528. The van der Waals surface area contributed by atoms with Crippen LogP contribution < -0.4 is 10.1 Å². The number of hydrogen-bond acceptors (Lipinski definition) is 2. The van der Waals surface area contributed by atoms with E-state index in [1.54, 1.807) is 6.08 Å². The predicted molar refractivity (Wildman–Crippen MR) is 88.6 cm³/mol. The lowest BCUT2D eigenvalue weighted by molar-refractivity contribution is 0.359. The maximum Gasteiger partial charge on any atom is 0.124 e. The average molecular weight is 365 g/mol. The fourth-order valence-electron chi connectivity index (χ4n) is 1.70. The highest BCUT2D eigenvalue weighted by molar-refractivity contribution is 14.1.